The van der Waals surface area contributed by atoms with Crippen LogP contribution in [0, 0.1) is 0 Å². The maximum atomic E-state index is 12.3. The number of rotatable bonds is 3. The number of piperidine rings is 1. The number of carboxylic acids is 1. The number of amides is 1. The molecule has 3 rings (SSSR count). The first-order valence-corrected chi connectivity index (χ1v) is 7.26. The van der Waals surface area contributed by atoms with Crippen molar-refractivity contribution in [1.82, 2.24) is 9.47 Å². The van der Waals surface area contributed by atoms with E-state index in [1.54, 1.807) is 22.9 Å². The molecule has 1 fully saturated rings. The topological polar surface area (TPSA) is 62.5 Å². The quantitative estimate of drug-likeness (QED) is 0.942. The molecule has 110 valence electrons. The Labute approximate surface area is 122 Å². The van der Waals surface area contributed by atoms with E-state index >= 15 is 0 Å². The van der Waals surface area contributed by atoms with Gasteiger partial charge >= 0.3 is 5.97 Å². The van der Waals surface area contributed by atoms with E-state index in [1.165, 1.54) is 6.42 Å². The molecule has 1 saturated heterocycles. The predicted octanol–water partition coefficient (Wildman–Crippen LogP) is 2.35. The average Bonchev–Trinajstić information content (AvgIpc) is 2.91. The first-order valence-electron chi connectivity index (χ1n) is 7.26. The minimum absolute atomic E-state index is 0.0624. The van der Waals surface area contributed by atoms with E-state index in [9.17, 15) is 14.7 Å². The summed E-state index contributed by atoms with van der Waals surface area (Å²) in [7, 11) is 0. The second-order valence-electron chi connectivity index (χ2n) is 5.43. The Morgan fingerprint density at radius 1 is 1.10 bits per heavy atom. The number of carbonyl (C=O) groups excluding carboxylic acids is 1. The van der Waals surface area contributed by atoms with Crippen LogP contribution in [0.1, 0.15) is 29.6 Å². The standard InChI is InChI=1S/C16H18N2O3/c19-14(17-8-2-1-3-9-17)11-18-10-7-12-5-4-6-13(15(12)18)16(20)21/h4-7,10H,1-3,8-9,11H2,(H,20,21). The van der Waals surface area contributed by atoms with Gasteiger partial charge in [0.05, 0.1) is 11.1 Å². The number of carbonyl (C=O) groups is 2. The SMILES string of the molecule is O=C(O)c1cccc2ccn(CC(=O)N3CCCCC3)c12. The van der Waals surface area contributed by atoms with E-state index < -0.39 is 5.97 Å². The molecule has 1 aliphatic heterocycles. The smallest absolute Gasteiger partial charge is 0.337 e. The Morgan fingerprint density at radius 3 is 2.57 bits per heavy atom. The van der Waals surface area contributed by atoms with E-state index in [1.807, 2.05) is 17.0 Å². The minimum atomic E-state index is -0.967. The monoisotopic (exact) mass is 286 g/mol. The summed E-state index contributed by atoms with van der Waals surface area (Å²) in [6, 6.07) is 7.02. The zero-order valence-corrected chi connectivity index (χ0v) is 11.8. The molecule has 2 aromatic rings. The van der Waals surface area contributed by atoms with Gasteiger partial charge in [-0.05, 0) is 31.4 Å². The number of hydrogen-bond acceptors (Lipinski definition) is 2. The predicted molar refractivity (Wildman–Crippen MR) is 79.3 cm³/mol. The van der Waals surface area contributed by atoms with Crippen LogP contribution in [-0.4, -0.2) is 39.5 Å². The summed E-state index contributed by atoms with van der Waals surface area (Å²) in [5.74, 6) is -0.904. The molecule has 1 amide bonds. The van der Waals surface area contributed by atoms with Gasteiger partial charge in [0, 0.05) is 24.7 Å². The number of aromatic nitrogens is 1. The van der Waals surface area contributed by atoms with E-state index in [-0.39, 0.29) is 18.0 Å². The van der Waals surface area contributed by atoms with Crippen LogP contribution in [0.5, 0.6) is 0 Å². The van der Waals surface area contributed by atoms with E-state index in [0.717, 1.165) is 31.3 Å². The molecule has 1 aromatic heterocycles. The fourth-order valence-corrected chi connectivity index (χ4v) is 2.95. The van der Waals surface area contributed by atoms with Gasteiger partial charge in [0.15, 0.2) is 0 Å². The number of likely N-dealkylation sites (tertiary alicyclic amines) is 1. The molecule has 0 atom stereocenters. The molecule has 0 bridgehead atoms. The molecule has 5 nitrogen and oxygen atoms in total. The van der Waals surface area contributed by atoms with Crippen LogP contribution in [0.4, 0.5) is 0 Å². The second-order valence-corrected chi connectivity index (χ2v) is 5.43. The lowest BCUT2D eigenvalue weighted by atomic mass is 10.1. The van der Waals surface area contributed by atoms with Crippen LogP contribution in [0.15, 0.2) is 30.5 Å². The third-order valence-corrected chi connectivity index (χ3v) is 4.03. The van der Waals surface area contributed by atoms with Crippen molar-refractivity contribution in [1.29, 1.82) is 0 Å². The Kier molecular flexibility index (Phi) is 3.64. The summed E-state index contributed by atoms with van der Waals surface area (Å²) >= 11 is 0. The van der Waals surface area contributed by atoms with Crippen LogP contribution in [-0.2, 0) is 11.3 Å². The third kappa shape index (κ3) is 2.63. The maximum Gasteiger partial charge on any atom is 0.337 e. The number of nitrogens with zero attached hydrogens (tertiary/aromatic N) is 2. The van der Waals surface area contributed by atoms with Crippen molar-refractivity contribution < 1.29 is 14.7 Å². The van der Waals surface area contributed by atoms with Gasteiger partial charge in [-0.15, -0.1) is 0 Å². The van der Waals surface area contributed by atoms with E-state index in [4.69, 9.17) is 0 Å². The number of benzene rings is 1. The number of aromatic carboxylic acids is 1. The van der Waals surface area contributed by atoms with Crippen LogP contribution >= 0.6 is 0 Å². The first kappa shape index (κ1) is 13.7. The summed E-state index contributed by atoms with van der Waals surface area (Å²) in [4.78, 5) is 25.6. The van der Waals surface area contributed by atoms with Crippen molar-refractivity contribution in [2.24, 2.45) is 0 Å². The Morgan fingerprint density at radius 2 is 1.86 bits per heavy atom. The van der Waals surface area contributed by atoms with E-state index in [2.05, 4.69) is 0 Å². The largest absolute Gasteiger partial charge is 0.478 e. The molecule has 1 aliphatic rings. The molecule has 0 aliphatic carbocycles. The van der Waals surface area contributed by atoms with Crippen LogP contribution in [0.3, 0.4) is 0 Å². The first-order chi connectivity index (χ1) is 10.2. The highest BCUT2D eigenvalue weighted by molar-refractivity contribution is 6.02. The Bertz CT molecular complexity index is 684. The van der Waals surface area contributed by atoms with E-state index in [0.29, 0.717) is 5.52 Å². The Balaban J connectivity index is 1.90. The second kappa shape index (κ2) is 5.60. The molecule has 1 aromatic carbocycles. The molecule has 0 spiro atoms. The lowest BCUT2D eigenvalue weighted by Gasteiger charge is -2.27. The van der Waals surface area contributed by atoms with Gasteiger partial charge in [0.2, 0.25) is 5.91 Å². The van der Waals surface area contributed by atoms with Crippen LogP contribution in [0.25, 0.3) is 10.9 Å². The Hall–Kier alpha value is -2.30. The van der Waals surface area contributed by atoms with Gasteiger partial charge < -0.3 is 14.6 Å². The van der Waals surface area contributed by atoms with Gasteiger partial charge in [0.25, 0.3) is 0 Å². The van der Waals surface area contributed by atoms with Crippen molar-refractivity contribution in [3.8, 4) is 0 Å². The van der Waals surface area contributed by atoms with Gasteiger partial charge in [-0.2, -0.15) is 0 Å². The molecule has 5 heteroatoms. The summed E-state index contributed by atoms with van der Waals surface area (Å²) < 4.78 is 1.75. The number of hydrogen-bond donors (Lipinski definition) is 1. The van der Waals surface area contributed by atoms with Crippen molar-refractivity contribution >= 4 is 22.8 Å². The molecule has 0 saturated carbocycles. The lowest BCUT2D eigenvalue weighted by Crippen LogP contribution is -2.37. The summed E-state index contributed by atoms with van der Waals surface area (Å²) in [5, 5.41) is 10.1. The number of fused-ring (bicyclic) bond motifs is 1. The highest BCUT2D eigenvalue weighted by Crippen LogP contribution is 2.21. The van der Waals surface area contributed by atoms with Crippen molar-refractivity contribution in [2.75, 3.05) is 13.1 Å². The van der Waals surface area contributed by atoms with Crippen molar-refractivity contribution in [3.63, 3.8) is 0 Å². The zero-order chi connectivity index (χ0) is 14.8. The molecule has 2 heterocycles. The summed E-state index contributed by atoms with van der Waals surface area (Å²) in [5.41, 5.74) is 0.860. The van der Waals surface area contributed by atoms with Gasteiger partial charge in [-0.25, -0.2) is 4.79 Å². The normalized spacial score (nSPS) is 15.3. The highest BCUT2D eigenvalue weighted by atomic mass is 16.4. The van der Waals surface area contributed by atoms with Crippen LogP contribution < -0.4 is 0 Å². The minimum Gasteiger partial charge on any atom is -0.478 e. The molecule has 1 N–H and O–H groups in total. The van der Waals surface area contributed by atoms with Crippen molar-refractivity contribution in [2.45, 2.75) is 25.8 Å². The maximum absolute atomic E-state index is 12.3. The molecule has 0 unspecified atom stereocenters. The fraction of sp³-hybridized carbons (Fsp3) is 0.375. The zero-order valence-electron chi connectivity index (χ0n) is 11.8. The highest BCUT2D eigenvalue weighted by Gasteiger charge is 2.19. The van der Waals surface area contributed by atoms with Gasteiger partial charge in [-0.1, -0.05) is 12.1 Å². The summed E-state index contributed by atoms with van der Waals surface area (Å²) in [6.45, 7) is 1.82. The molecule has 21 heavy (non-hydrogen) atoms. The number of para-hydroxylation sites is 1. The van der Waals surface area contributed by atoms with Gasteiger partial charge in [0.1, 0.15) is 6.54 Å². The molecular weight excluding hydrogens is 268 g/mol. The lowest BCUT2D eigenvalue weighted by molar-refractivity contribution is -0.132. The third-order valence-electron chi connectivity index (χ3n) is 4.03. The van der Waals surface area contributed by atoms with Crippen LogP contribution in [0.2, 0.25) is 0 Å². The molecular formula is C16H18N2O3. The molecule has 0 radical (unpaired) electrons. The fourth-order valence-electron chi connectivity index (χ4n) is 2.95. The van der Waals surface area contributed by atoms with Gasteiger partial charge in [-0.3, -0.25) is 4.79 Å². The summed E-state index contributed by atoms with van der Waals surface area (Å²) in [6.07, 6.45) is 5.08. The number of carboxylic acid groups (broad SMARTS) is 1. The van der Waals surface area contributed by atoms with Crippen molar-refractivity contribution in [3.05, 3.63) is 36.0 Å². The average molecular weight is 286 g/mol.